The summed E-state index contributed by atoms with van der Waals surface area (Å²) >= 11 is 10.1. The highest BCUT2D eigenvalue weighted by Gasteiger charge is 2.22. The summed E-state index contributed by atoms with van der Waals surface area (Å²) in [5.41, 5.74) is 5.10. The van der Waals surface area contributed by atoms with Gasteiger partial charge in [-0.3, -0.25) is 4.70 Å². The summed E-state index contributed by atoms with van der Waals surface area (Å²) in [4.78, 5) is 16.2. The molecule has 190 valence electrons. The predicted molar refractivity (Wildman–Crippen MR) is 148 cm³/mol. The molecule has 0 unspecified atom stereocenters. The van der Waals surface area contributed by atoms with Gasteiger partial charge in [-0.1, -0.05) is 49.4 Å². The highest BCUT2D eigenvalue weighted by molar-refractivity contribution is 15.0. The van der Waals surface area contributed by atoms with Crippen LogP contribution in [-0.2, 0) is 11.3 Å². The molecule has 0 saturated carbocycles. The molecule has 0 atom stereocenters. The highest BCUT2D eigenvalue weighted by Crippen LogP contribution is 2.36. The fraction of sp³-hybridized carbons (Fsp3) is 0.143. The van der Waals surface area contributed by atoms with Gasteiger partial charge in [0.2, 0.25) is 0 Å². The number of nitrogen functional groups attached to an aromatic ring is 1. The van der Waals surface area contributed by atoms with Crippen LogP contribution in [-0.4, -0.2) is 18.1 Å². The molecule has 1 heterocycles. The molecule has 13 heteroatoms. The maximum absolute atomic E-state index is 14.7. The molecule has 0 radical (unpaired) electrons. The number of pyridine rings is 1. The number of nitrogens with zero attached hydrogens (tertiary/aromatic N) is 1. The van der Waals surface area contributed by atoms with Crippen LogP contribution in [0.5, 0.6) is 5.75 Å². The SMILES string of the molecule is C.COc1c(Cl)ccc(-c2nc(C(=O)OCc3ccccc3)cc(N)c2F)c1F.F.II.N.N. The van der Waals surface area contributed by atoms with Crippen molar-refractivity contribution >= 4 is 60.5 Å². The summed E-state index contributed by atoms with van der Waals surface area (Å²) in [6, 6.07) is 12.6. The van der Waals surface area contributed by atoms with Crippen molar-refractivity contribution in [1.29, 1.82) is 0 Å². The molecule has 8 N–H and O–H groups in total. The first kappa shape index (κ1) is 36.7. The minimum absolute atomic E-state index is 0. The third kappa shape index (κ3) is 8.72. The van der Waals surface area contributed by atoms with E-state index in [0.717, 1.165) is 11.6 Å². The second-order valence-corrected chi connectivity index (χ2v) is 6.17. The second kappa shape index (κ2) is 17.5. The number of esters is 1. The summed E-state index contributed by atoms with van der Waals surface area (Å²) in [6.07, 6.45) is 0. The van der Waals surface area contributed by atoms with E-state index < -0.39 is 23.3 Å². The summed E-state index contributed by atoms with van der Waals surface area (Å²) < 4.78 is 39.2. The maximum Gasteiger partial charge on any atom is 0.357 e. The molecule has 34 heavy (non-hydrogen) atoms. The van der Waals surface area contributed by atoms with Gasteiger partial charge in [0.05, 0.1) is 17.8 Å². The van der Waals surface area contributed by atoms with Crippen molar-refractivity contribution in [2.75, 3.05) is 12.8 Å². The maximum atomic E-state index is 14.7. The number of ether oxygens (including phenoxy) is 2. The molecule has 0 bridgehead atoms. The first-order valence-electron chi connectivity index (χ1n) is 8.26. The molecular weight excluding hydrogens is 703 g/mol. The lowest BCUT2D eigenvalue weighted by molar-refractivity contribution is 0.0466. The predicted octanol–water partition coefficient (Wildman–Crippen LogP) is 7.51. The molecule has 0 spiro atoms. The minimum Gasteiger partial charge on any atom is -0.492 e. The van der Waals surface area contributed by atoms with Gasteiger partial charge in [0, 0.05) is 42.8 Å². The number of carbonyl (C=O) groups is 1. The van der Waals surface area contributed by atoms with Crippen LogP contribution >= 0.6 is 48.8 Å². The average molecular weight is 729 g/mol. The van der Waals surface area contributed by atoms with Crippen molar-refractivity contribution in [1.82, 2.24) is 17.3 Å². The van der Waals surface area contributed by atoms with Gasteiger partial charge < -0.3 is 27.5 Å². The van der Waals surface area contributed by atoms with E-state index in [1.807, 2.05) is 6.07 Å². The largest absolute Gasteiger partial charge is 0.492 e. The Morgan fingerprint density at radius 3 is 2.24 bits per heavy atom. The highest BCUT2D eigenvalue weighted by atomic mass is 128. The number of aromatic nitrogens is 1. The summed E-state index contributed by atoms with van der Waals surface area (Å²) in [7, 11) is 1.23. The van der Waals surface area contributed by atoms with Crippen LogP contribution < -0.4 is 22.8 Å². The van der Waals surface area contributed by atoms with Crippen molar-refractivity contribution in [3.05, 3.63) is 76.4 Å². The Kier molecular flexibility index (Phi) is 18.9. The lowest BCUT2D eigenvalue weighted by Crippen LogP contribution is -2.11. The van der Waals surface area contributed by atoms with Gasteiger partial charge >= 0.3 is 5.97 Å². The first-order chi connectivity index (χ1) is 14.4. The molecule has 0 aliphatic heterocycles. The molecule has 3 rings (SSSR count). The van der Waals surface area contributed by atoms with Crippen molar-refractivity contribution in [2.24, 2.45) is 0 Å². The Morgan fingerprint density at radius 1 is 1.09 bits per heavy atom. The van der Waals surface area contributed by atoms with Crippen LogP contribution in [0.25, 0.3) is 11.3 Å². The third-order valence-electron chi connectivity index (χ3n) is 3.92. The topological polar surface area (TPSA) is 144 Å². The van der Waals surface area contributed by atoms with Crippen LogP contribution in [0, 0.1) is 11.6 Å². The number of rotatable bonds is 5. The summed E-state index contributed by atoms with van der Waals surface area (Å²) in [5.74, 6) is -2.98. The van der Waals surface area contributed by atoms with Crippen LogP contribution in [0.1, 0.15) is 23.5 Å². The van der Waals surface area contributed by atoms with Gasteiger partial charge in [-0.05, 0) is 23.8 Å². The Labute approximate surface area is 224 Å². The standard InChI is InChI=1S/C20H15ClF2N2O3.CH4.FH.I2.2H3N/c1-27-19-13(21)8-7-12(16(19)22)18-17(23)14(24)9-15(25-18)20(26)28-10-11-5-3-2-4-6-11;;;1-2;;/h2-9H,10H2,1H3,(H2,24,25);1H4;1H;;2*1H3. The molecule has 3 aromatic rings. The van der Waals surface area contributed by atoms with Gasteiger partial charge in [-0.2, -0.15) is 0 Å². The van der Waals surface area contributed by atoms with Crippen molar-refractivity contribution in [3.63, 3.8) is 0 Å². The zero-order valence-corrected chi connectivity index (χ0v) is 22.4. The van der Waals surface area contributed by atoms with Crippen molar-refractivity contribution < 1.29 is 27.8 Å². The monoisotopic (exact) mass is 728 g/mol. The zero-order valence-electron chi connectivity index (χ0n) is 17.3. The summed E-state index contributed by atoms with van der Waals surface area (Å²) in [6.45, 7) is -0.00288. The fourth-order valence-corrected chi connectivity index (χ4v) is 2.75. The second-order valence-electron chi connectivity index (χ2n) is 5.76. The lowest BCUT2D eigenvalue weighted by atomic mass is 10.1. The van der Waals surface area contributed by atoms with Gasteiger partial charge in [0.15, 0.2) is 23.1 Å². The first-order valence-corrected chi connectivity index (χ1v) is 14.9. The van der Waals surface area contributed by atoms with E-state index in [1.165, 1.54) is 19.2 Å². The van der Waals surface area contributed by atoms with Gasteiger partial charge in [0.25, 0.3) is 0 Å². The number of hydrogen-bond donors (Lipinski definition) is 3. The molecule has 0 amide bonds. The number of anilines is 1. The molecule has 0 aliphatic carbocycles. The molecule has 2 aromatic carbocycles. The molecule has 7 nitrogen and oxygen atoms in total. The van der Waals surface area contributed by atoms with E-state index in [0.29, 0.717) is 0 Å². The van der Waals surface area contributed by atoms with Crippen molar-refractivity contribution in [2.45, 2.75) is 14.0 Å². The number of nitrogens with two attached hydrogens (primary N) is 1. The third-order valence-corrected chi connectivity index (χ3v) is 4.21. The van der Waals surface area contributed by atoms with E-state index in [-0.39, 0.29) is 58.8 Å². The molecule has 1 aromatic heterocycles. The molecular formula is C21H26ClF3I2N4O3. The Hall–Kier alpha value is -1.88. The van der Waals surface area contributed by atoms with Gasteiger partial charge in [-0.15, -0.1) is 0 Å². The molecule has 0 aliphatic rings. The number of halogens is 6. The van der Waals surface area contributed by atoms with Gasteiger partial charge in [-0.25, -0.2) is 18.6 Å². The number of hydrogen-bond acceptors (Lipinski definition) is 7. The molecule has 0 fully saturated rings. The minimum atomic E-state index is -0.970. The zero-order chi connectivity index (χ0) is 22.3. The Bertz CT molecular complexity index is 1050. The normalized spacial score (nSPS) is 8.88. The van der Waals surface area contributed by atoms with Crippen LogP contribution in [0.2, 0.25) is 5.02 Å². The van der Waals surface area contributed by atoms with E-state index in [2.05, 4.69) is 42.2 Å². The number of carbonyl (C=O) groups excluding carboxylic acids is 1. The van der Waals surface area contributed by atoms with E-state index in [1.54, 1.807) is 24.3 Å². The van der Waals surface area contributed by atoms with E-state index in [4.69, 9.17) is 26.8 Å². The average Bonchev–Trinajstić information content (AvgIpc) is 2.77. The van der Waals surface area contributed by atoms with E-state index in [9.17, 15) is 13.6 Å². The van der Waals surface area contributed by atoms with Crippen LogP contribution in [0.15, 0.2) is 48.5 Å². The van der Waals surface area contributed by atoms with Crippen molar-refractivity contribution in [3.8, 4) is 17.0 Å². The van der Waals surface area contributed by atoms with Crippen LogP contribution in [0.3, 0.4) is 0 Å². The smallest absolute Gasteiger partial charge is 0.357 e. The number of methoxy groups -OCH3 is 1. The Morgan fingerprint density at radius 2 is 1.68 bits per heavy atom. The van der Waals surface area contributed by atoms with Gasteiger partial charge in [0.1, 0.15) is 12.3 Å². The van der Waals surface area contributed by atoms with E-state index >= 15 is 0 Å². The fourth-order valence-electron chi connectivity index (χ4n) is 2.53. The summed E-state index contributed by atoms with van der Waals surface area (Å²) in [5, 5.41) is 0.00977. The quantitative estimate of drug-likeness (QED) is 0.182. The molecule has 0 saturated heterocycles. The lowest BCUT2D eigenvalue weighted by Gasteiger charge is -2.12. The number of benzene rings is 2. The Balaban J connectivity index is -0.00000156. The van der Waals surface area contributed by atoms with Crippen LogP contribution in [0.4, 0.5) is 19.2 Å².